The van der Waals surface area contributed by atoms with Gasteiger partial charge in [-0.25, -0.2) is 4.79 Å². The average molecular weight is 1450 g/mol. The number of hydrogen-bond donors (Lipinski definition) is 2. The highest BCUT2D eigenvalue weighted by molar-refractivity contribution is 7.17. The standard InChI is InChI=1S/C16H19N.C16H16O.C14H18O4.C12H14O.C12H14S.C10H12Cl2.6C2H6/c1-3-11(2)12-8-6-10-15-16(12)13-7-4-5-9-14(13)17-15;1-3-11(2)12-8-9-14-13-6-4-5-7-15(13)17-16(14)10-12;1-4-9(2)10-5-11(13(16)8-15)7-12(6-10)14(17)18-3;1-3-9(2)11-5-4-10-6-7-13-12(10)8-11;1-3-9(2)10-4-5-12-11(8-10)6-7-13-12;1-3-7(2)8-4-5-9(11)10(12)6-8;6*1-2/h4-11,13-14,17H,3H2,1-2H3;4-11H,3H2,1-2H3;5-7,9,15H,4,8H2,1-3H3;2*4-9H,3H2,1-2H3;4-7H,3H2,1-2H3;6*1-2H3. The molecule has 4 heterocycles. The number of ether oxygens (including phenoxy) is 1. The van der Waals surface area contributed by atoms with Crippen LogP contribution >= 0.6 is 34.5 Å². The number of carbonyl (C=O) groups excluding carboxylic acids is 2. The summed E-state index contributed by atoms with van der Waals surface area (Å²) in [4.78, 5) is 23.1. The highest BCUT2D eigenvalue weighted by Gasteiger charge is 2.32. The Bertz CT molecular complexity index is 3890. The lowest BCUT2D eigenvalue weighted by molar-refractivity contribution is 0.0600. The number of aliphatic hydroxyl groups is 1. The van der Waals surface area contributed by atoms with Gasteiger partial charge in [0.05, 0.1) is 35.0 Å². The number of para-hydroxylation sites is 1. The largest absolute Gasteiger partial charge is 0.465 e. The highest BCUT2D eigenvalue weighted by atomic mass is 35.5. The van der Waals surface area contributed by atoms with E-state index in [1.807, 2.05) is 145 Å². The molecule has 2 N–H and O–H groups in total. The Labute approximate surface area is 632 Å². The first-order valence-corrected chi connectivity index (χ1v) is 40.0. The summed E-state index contributed by atoms with van der Waals surface area (Å²) >= 11 is 13.5. The van der Waals surface area contributed by atoms with Crippen LogP contribution in [0.3, 0.4) is 0 Å². The van der Waals surface area contributed by atoms with Gasteiger partial charge in [0.15, 0.2) is 5.78 Å². The summed E-state index contributed by atoms with van der Waals surface area (Å²) in [5.41, 5.74) is 14.4. The zero-order chi connectivity index (χ0) is 77.0. The first-order valence-electron chi connectivity index (χ1n) is 38.3. The van der Waals surface area contributed by atoms with Crippen molar-refractivity contribution in [2.75, 3.05) is 19.0 Å². The third-order valence-electron chi connectivity index (χ3n) is 18.1. The van der Waals surface area contributed by atoms with Gasteiger partial charge >= 0.3 is 5.97 Å². The molecule has 1 aliphatic heterocycles. The number of thiophene rings is 1. The van der Waals surface area contributed by atoms with Gasteiger partial charge < -0.3 is 24.0 Å². The molecular weight excluding hydrogens is 1320 g/mol. The summed E-state index contributed by atoms with van der Waals surface area (Å²) in [6.07, 6.45) is 17.4. The molecule has 8 atom stereocenters. The number of rotatable bonds is 15. The molecule has 0 spiro atoms. The highest BCUT2D eigenvalue weighted by Crippen LogP contribution is 2.44. The van der Waals surface area contributed by atoms with Crippen LogP contribution in [0.5, 0.6) is 0 Å². The summed E-state index contributed by atoms with van der Waals surface area (Å²) in [6.45, 7) is 49.9. The van der Waals surface area contributed by atoms with Gasteiger partial charge in [0.2, 0.25) is 0 Å². The van der Waals surface area contributed by atoms with Gasteiger partial charge in [-0.2, -0.15) is 0 Å². The van der Waals surface area contributed by atoms with Crippen LogP contribution in [0.15, 0.2) is 190 Å². The molecule has 7 nitrogen and oxygen atoms in total. The minimum absolute atomic E-state index is 0.236. The third-order valence-corrected chi connectivity index (χ3v) is 19.8. The second-order valence-electron chi connectivity index (χ2n) is 24.0. The van der Waals surface area contributed by atoms with E-state index in [4.69, 9.17) is 37.1 Å². The normalized spacial score (nSPS) is 14.0. The number of ketones is 1. The van der Waals surface area contributed by atoms with Crippen molar-refractivity contribution in [3.05, 3.63) is 242 Å². The van der Waals surface area contributed by atoms with Gasteiger partial charge in [-0.1, -0.05) is 286 Å². The molecular formula is C92H129Cl2NO6S. The van der Waals surface area contributed by atoms with Gasteiger partial charge in [-0.3, -0.25) is 4.79 Å². The minimum Gasteiger partial charge on any atom is -0.465 e. The lowest BCUT2D eigenvalue weighted by Gasteiger charge is -2.19. The number of halogens is 2. The van der Waals surface area contributed by atoms with Crippen molar-refractivity contribution in [1.82, 2.24) is 0 Å². The van der Waals surface area contributed by atoms with Crippen molar-refractivity contribution >= 4 is 95.0 Å². The Hall–Kier alpha value is -7.20. The number of benzene rings is 7. The summed E-state index contributed by atoms with van der Waals surface area (Å²) in [5, 5.41) is 20.9. The number of carbonyl (C=O) groups is 2. The molecule has 12 rings (SSSR count). The van der Waals surface area contributed by atoms with Gasteiger partial charge in [0.25, 0.3) is 0 Å². The maximum atomic E-state index is 11.5. The van der Waals surface area contributed by atoms with E-state index >= 15 is 0 Å². The molecule has 10 aromatic rings. The van der Waals surface area contributed by atoms with Gasteiger partial charge in [0.1, 0.15) is 23.4 Å². The number of anilines is 1. The third kappa shape index (κ3) is 27.4. The predicted molar refractivity (Wildman–Crippen MR) is 453 cm³/mol. The number of Topliss-reactive ketones (excluding diaryl/α,β-unsaturated/α-hetero) is 1. The van der Waals surface area contributed by atoms with E-state index in [9.17, 15) is 9.59 Å². The Balaban J connectivity index is 0.000000596. The molecule has 3 aromatic heterocycles. The first kappa shape index (κ1) is 92.8. The summed E-state index contributed by atoms with van der Waals surface area (Å²) in [7, 11) is 1.30. The van der Waals surface area contributed by atoms with Crippen molar-refractivity contribution in [2.24, 2.45) is 0 Å². The van der Waals surface area contributed by atoms with E-state index < -0.39 is 18.4 Å². The van der Waals surface area contributed by atoms with Gasteiger partial charge in [-0.15, -0.1) is 11.3 Å². The average Bonchev–Trinajstić information content (AvgIpc) is 1.62. The van der Waals surface area contributed by atoms with Crippen LogP contribution in [-0.2, 0) is 4.74 Å². The maximum Gasteiger partial charge on any atom is 0.337 e. The molecule has 8 unspecified atom stereocenters. The number of aliphatic hydroxyl groups excluding tert-OH is 1. The molecule has 0 fully saturated rings. The fourth-order valence-electron chi connectivity index (χ4n) is 11.0. The Morgan fingerprint density at radius 3 is 1.58 bits per heavy atom. The van der Waals surface area contributed by atoms with Crippen LogP contribution in [0.25, 0.3) is 43.0 Å². The van der Waals surface area contributed by atoms with E-state index in [1.165, 1.54) is 97.8 Å². The van der Waals surface area contributed by atoms with Crippen molar-refractivity contribution in [1.29, 1.82) is 0 Å². The molecule has 0 amide bonds. The molecule has 7 aromatic carbocycles. The summed E-state index contributed by atoms with van der Waals surface area (Å²) in [5.74, 6) is 2.98. The molecule has 0 saturated carbocycles. The quantitative estimate of drug-likeness (QED) is 0.0779. The SMILES string of the molecule is CC.CC.CC.CC.CC.CC.CCC(C)c1cc(C(=O)CO)cc(C(=O)OC)c1.CCC(C)c1ccc(Cl)c(Cl)c1.CCC(C)c1ccc2c(c1)oc1ccccc12.CCC(C)c1ccc2ccoc2c1.CCC(C)c1ccc2sccc2c1.CCC(C)c1cccc2c1C1C=CC=CC1N2. The van der Waals surface area contributed by atoms with Crippen LogP contribution < -0.4 is 5.32 Å². The van der Waals surface area contributed by atoms with E-state index in [1.54, 1.807) is 18.4 Å². The second-order valence-corrected chi connectivity index (χ2v) is 25.8. The van der Waals surface area contributed by atoms with Gasteiger partial charge in [0, 0.05) is 38.0 Å². The zero-order valence-electron chi connectivity index (χ0n) is 67.0. The van der Waals surface area contributed by atoms with Gasteiger partial charge in [-0.05, 0) is 197 Å². The number of furan rings is 2. The minimum atomic E-state index is -0.565. The Kier molecular flexibility index (Phi) is 47.2. The Morgan fingerprint density at radius 1 is 0.490 bits per heavy atom. The zero-order valence-corrected chi connectivity index (χ0v) is 69.4. The molecule has 0 bridgehead atoms. The monoisotopic (exact) mass is 1450 g/mol. The Morgan fingerprint density at radius 2 is 1.00 bits per heavy atom. The number of esters is 1. The fraction of sp³-hybridized carbons (Fsp3) is 0.435. The van der Waals surface area contributed by atoms with Crippen molar-refractivity contribution < 1.29 is 28.3 Å². The van der Waals surface area contributed by atoms with Crippen molar-refractivity contribution in [3.63, 3.8) is 0 Å². The second kappa shape index (κ2) is 51.9. The smallest absolute Gasteiger partial charge is 0.337 e. The van der Waals surface area contributed by atoms with E-state index in [0.29, 0.717) is 62.7 Å². The summed E-state index contributed by atoms with van der Waals surface area (Å²) < 4.78 is 17.3. The molecule has 558 valence electrons. The van der Waals surface area contributed by atoms with Crippen LogP contribution in [0, 0.1) is 0 Å². The fourth-order valence-corrected chi connectivity index (χ4v) is 12.0. The van der Waals surface area contributed by atoms with Crippen molar-refractivity contribution in [2.45, 2.75) is 252 Å². The number of nitrogens with one attached hydrogen (secondary N) is 1. The number of fused-ring (bicyclic) bond motifs is 8. The molecule has 1 aliphatic carbocycles. The van der Waals surface area contributed by atoms with Crippen LogP contribution in [0.2, 0.25) is 10.0 Å². The topological polar surface area (TPSA) is 102 Å². The molecule has 102 heavy (non-hydrogen) atoms. The van der Waals surface area contributed by atoms with E-state index in [-0.39, 0.29) is 5.92 Å². The number of methoxy groups -OCH3 is 1. The van der Waals surface area contributed by atoms with Crippen LogP contribution in [-0.4, -0.2) is 36.6 Å². The summed E-state index contributed by atoms with van der Waals surface area (Å²) in [6, 6.07) is 50.1. The molecule has 0 saturated heterocycles. The number of allylic oxidation sites excluding steroid dienone is 2. The molecule has 0 radical (unpaired) electrons. The van der Waals surface area contributed by atoms with Crippen LogP contribution in [0.4, 0.5) is 5.69 Å². The lowest BCUT2D eigenvalue weighted by atomic mass is 9.84. The van der Waals surface area contributed by atoms with Crippen molar-refractivity contribution in [3.8, 4) is 0 Å². The lowest BCUT2D eigenvalue weighted by Crippen LogP contribution is -2.18. The molecule has 10 heteroatoms. The van der Waals surface area contributed by atoms with Crippen LogP contribution in [0.1, 0.15) is 306 Å². The predicted octanol–water partition coefficient (Wildman–Crippen LogP) is 30.5. The molecule has 2 aliphatic rings. The number of hydrogen-bond acceptors (Lipinski definition) is 8. The maximum absolute atomic E-state index is 11.5. The first-order chi connectivity index (χ1) is 49.4. The van der Waals surface area contributed by atoms with E-state index in [0.717, 1.165) is 41.6 Å². The van der Waals surface area contributed by atoms with E-state index in [2.05, 4.69) is 200 Å².